The van der Waals surface area contributed by atoms with Crippen molar-refractivity contribution in [1.82, 2.24) is 10.6 Å². The van der Waals surface area contributed by atoms with Crippen molar-refractivity contribution >= 4 is 29.5 Å². The van der Waals surface area contributed by atoms with Crippen molar-refractivity contribution in [3.05, 3.63) is 69.8 Å². The largest absolute Gasteiger partial charge is 0.550 e. The summed E-state index contributed by atoms with van der Waals surface area (Å²) in [6.07, 6.45) is 2.09. The van der Waals surface area contributed by atoms with Gasteiger partial charge in [0.25, 0.3) is 17.5 Å². The number of hydrogen-bond donors (Lipinski definition) is 2. The highest BCUT2D eigenvalue weighted by atomic mass is 16.6. The van der Waals surface area contributed by atoms with Crippen molar-refractivity contribution in [2.75, 3.05) is 6.54 Å². The molecule has 0 unspecified atom stereocenters. The third-order valence-electron chi connectivity index (χ3n) is 3.24. The molecule has 1 heterocycles. The number of nitrogens with zero attached hydrogens (tertiary/aromatic N) is 1. The predicted octanol–water partition coefficient (Wildman–Crippen LogP) is 0.215. The topological polar surface area (TPSA) is 155 Å². The van der Waals surface area contributed by atoms with Crippen LogP contribution in [-0.2, 0) is 9.59 Å². The van der Waals surface area contributed by atoms with E-state index in [-0.39, 0.29) is 29.3 Å². The number of aliphatic carboxylic acids is 1. The van der Waals surface area contributed by atoms with Gasteiger partial charge in [-0.2, -0.15) is 0 Å². The zero-order chi connectivity index (χ0) is 19.8. The summed E-state index contributed by atoms with van der Waals surface area (Å²) in [6, 6.07) is 8.28. The molecule has 2 rings (SSSR count). The molecule has 27 heavy (non-hydrogen) atoms. The average molecular weight is 372 g/mol. The number of nitrogens with one attached hydrogen (secondary N) is 2. The van der Waals surface area contributed by atoms with E-state index in [1.54, 1.807) is 0 Å². The van der Waals surface area contributed by atoms with E-state index in [0.29, 0.717) is 0 Å². The zero-order valence-electron chi connectivity index (χ0n) is 13.8. The summed E-state index contributed by atoms with van der Waals surface area (Å²) in [5, 5.41) is 26.0. The number of nitro benzene ring substituents is 1. The van der Waals surface area contributed by atoms with Crippen molar-refractivity contribution < 1.29 is 28.8 Å². The molecule has 2 aromatic rings. The highest BCUT2D eigenvalue weighted by Crippen LogP contribution is 2.15. The number of non-ortho nitro benzene ring substituents is 1. The molecule has 0 aliphatic rings. The van der Waals surface area contributed by atoms with Gasteiger partial charge < -0.3 is 25.0 Å². The van der Waals surface area contributed by atoms with Gasteiger partial charge in [0, 0.05) is 31.1 Å². The molecule has 1 aromatic heterocycles. The van der Waals surface area contributed by atoms with E-state index in [1.165, 1.54) is 48.7 Å². The average Bonchev–Trinajstić information content (AvgIpc) is 3.15. The van der Waals surface area contributed by atoms with E-state index in [1.807, 2.05) is 0 Å². The first-order valence-corrected chi connectivity index (χ1v) is 7.66. The third kappa shape index (κ3) is 5.81. The second-order valence-corrected chi connectivity index (χ2v) is 5.22. The Hall–Kier alpha value is -3.95. The Morgan fingerprint density at radius 3 is 2.59 bits per heavy atom. The van der Waals surface area contributed by atoms with E-state index in [2.05, 4.69) is 10.6 Å². The molecule has 10 heteroatoms. The summed E-state index contributed by atoms with van der Waals surface area (Å²) >= 11 is 0. The first-order chi connectivity index (χ1) is 12.9. The summed E-state index contributed by atoms with van der Waals surface area (Å²) < 4.78 is 4.94. The van der Waals surface area contributed by atoms with Gasteiger partial charge in [-0.25, -0.2) is 0 Å². The number of carbonyl (C=O) groups excluding carboxylic acids is 3. The van der Waals surface area contributed by atoms with Crippen LogP contribution in [0.3, 0.4) is 0 Å². The molecular formula is C17H14N3O7-. The van der Waals surface area contributed by atoms with Gasteiger partial charge in [0.05, 0.1) is 11.2 Å². The van der Waals surface area contributed by atoms with E-state index in [9.17, 15) is 29.6 Å². The summed E-state index contributed by atoms with van der Waals surface area (Å²) in [7, 11) is 0. The molecule has 10 nitrogen and oxygen atoms in total. The van der Waals surface area contributed by atoms with Gasteiger partial charge in [0.15, 0.2) is 5.76 Å². The van der Waals surface area contributed by atoms with E-state index < -0.39 is 29.1 Å². The molecular weight excluding hydrogens is 358 g/mol. The van der Waals surface area contributed by atoms with Gasteiger partial charge in [-0.1, -0.05) is 12.1 Å². The first kappa shape index (κ1) is 19.4. The van der Waals surface area contributed by atoms with Crippen molar-refractivity contribution in [1.29, 1.82) is 0 Å². The van der Waals surface area contributed by atoms with Gasteiger partial charge in [-0.05, 0) is 23.8 Å². The molecule has 2 amide bonds. The minimum Gasteiger partial charge on any atom is -0.550 e. The summed E-state index contributed by atoms with van der Waals surface area (Å²) in [5.41, 5.74) is -0.151. The van der Waals surface area contributed by atoms with Gasteiger partial charge in [0.2, 0.25) is 0 Å². The maximum Gasteiger partial charge on any atom is 0.291 e. The van der Waals surface area contributed by atoms with Crippen LogP contribution in [0.25, 0.3) is 6.08 Å². The lowest BCUT2D eigenvalue weighted by atomic mass is 10.1. The SMILES string of the molecule is O=C([O-])CCNC(=O)/C(=C\c1cccc([N+](=O)[O-])c1)NC(=O)c1ccco1. The molecule has 0 spiro atoms. The Bertz CT molecular complexity index is 888. The van der Waals surface area contributed by atoms with E-state index in [4.69, 9.17) is 4.42 Å². The lowest BCUT2D eigenvalue weighted by molar-refractivity contribution is -0.384. The Morgan fingerprint density at radius 2 is 1.96 bits per heavy atom. The number of carbonyl (C=O) groups is 3. The molecule has 0 saturated carbocycles. The van der Waals surface area contributed by atoms with Crippen molar-refractivity contribution in [3.63, 3.8) is 0 Å². The van der Waals surface area contributed by atoms with Gasteiger partial charge in [0.1, 0.15) is 5.70 Å². The van der Waals surface area contributed by atoms with Crippen LogP contribution in [0.15, 0.2) is 52.8 Å². The molecule has 0 fully saturated rings. The fraction of sp³-hybridized carbons (Fsp3) is 0.118. The van der Waals surface area contributed by atoms with Crippen LogP contribution >= 0.6 is 0 Å². The molecule has 140 valence electrons. The van der Waals surface area contributed by atoms with Crippen LogP contribution in [0, 0.1) is 10.1 Å². The highest BCUT2D eigenvalue weighted by Gasteiger charge is 2.16. The van der Waals surface area contributed by atoms with Crippen LogP contribution in [-0.4, -0.2) is 29.3 Å². The summed E-state index contributed by atoms with van der Waals surface area (Å²) in [5.74, 6) is -2.89. The number of carboxylic acid groups (broad SMARTS) is 1. The summed E-state index contributed by atoms with van der Waals surface area (Å²) in [4.78, 5) is 45.1. The molecule has 0 saturated heterocycles. The monoisotopic (exact) mass is 372 g/mol. The second kappa shape index (κ2) is 8.94. The quantitative estimate of drug-likeness (QED) is 0.381. The molecule has 0 radical (unpaired) electrons. The maximum atomic E-state index is 12.3. The minimum absolute atomic E-state index is 0.0533. The smallest absolute Gasteiger partial charge is 0.291 e. The molecule has 0 aliphatic heterocycles. The lowest BCUT2D eigenvalue weighted by Crippen LogP contribution is -2.37. The fourth-order valence-electron chi connectivity index (χ4n) is 2.02. The molecule has 2 N–H and O–H groups in total. The van der Waals surface area contributed by atoms with E-state index >= 15 is 0 Å². The fourth-order valence-corrected chi connectivity index (χ4v) is 2.02. The van der Waals surface area contributed by atoms with Crippen molar-refractivity contribution in [2.45, 2.75) is 6.42 Å². The zero-order valence-corrected chi connectivity index (χ0v) is 13.8. The normalized spacial score (nSPS) is 10.9. The van der Waals surface area contributed by atoms with Crippen LogP contribution in [0.2, 0.25) is 0 Å². The standard InChI is InChI=1S/C17H15N3O7/c21-15(22)6-7-18-16(23)13(19-17(24)14-5-2-8-27-14)10-11-3-1-4-12(9-11)20(25)26/h1-5,8-10H,6-7H2,(H,18,23)(H,19,24)(H,21,22)/p-1/b13-10+. The second-order valence-electron chi connectivity index (χ2n) is 5.22. The maximum absolute atomic E-state index is 12.3. The molecule has 0 bridgehead atoms. The lowest BCUT2D eigenvalue weighted by Gasteiger charge is -2.10. The Kier molecular flexibility index (Phi) is 6.42. The highest BCUT2D eigenvalue weighted by molar-refractivity contribution is 6.04. The number of rotatable bonds is 8. The van der Waals surface area contributed by atoms with Gasteiger partial charge >= 0.3 is 0 Å². The van der Waals surface area contributed by atoms with Gasteiger partial charge in [-0.15, -0.1) is 0 Å². The number of furan rings is 1. The molecule has 0 aliphatic carbocycles. The van der Waals surface area contributed by atoms with Gasteiger partial charge in [-0.3, -0.25) is 19.7 Å². The Labute approximate surface area is 152 Å². The molecule has 0 atom stereocenters. The number of benzene rings is 1. The van der Waals surface area contributed by atoms with Crippen molar-refractivity contribution in [2.24, 2.45) is 0 Å². The Balaban J connectivity index is 2.26. The number of nitro groups is 1. The van der Waals surface area contributed by atoms with Crippen LogP contribution in [0.4, 0.5) is 5.69 Å². The van der Waals surface area contributed by atoms with E-state index in [0.717, 1.165) is 0 Å². The van der Waals surface area contributed by atoms with Crippen LogP contribution < -0.4 is 15.7 Å². The van der Waals surface area contributed by atoms with Crippen LogP contribution in [0.1, 0.15) is 22.5 Å². The third-order valence-corrected chi connectivity index (χ3v) is 3.24. The predicted molar refractivity (Wildman–Crippen MR) is 89.9 cm³/mol. The summed E-state index contributed by atoms with van der Waals surface area (Å²) in [6.45, 7) is -0.218. The number of hydrogen-bond acceptors (Lipinski definition) is 7. The van der Waals surface area contributed by atoms with Crippen molar-refractivity contribution in [3.8, 4) is 0 Å². The number of amides is 2. The van der Waals surface area contributed by atoms with Crippen LogP contribution in [0.5, 0.6) is 0 Å². The first-order valence-electron chi connectivity index (χ1n) is 7.66. The minimum atomic E-state index is -1.35. The Morgan fingerprint density at radius 1 is 1.19 bits per heavy atom. The number of carboxylic acids is 1. The molecule has 1 aromatic carbocycles.